The van der Waals surface area contributed by atoms with Crippen LogP contribution in [0.15, 0.2) is 242 Å². The normalized spacial score (nSPS) is 23.0. The van der Waals surface area contributed by atoms with Crippen LogP contribution in [-0.2, 0) is 105 Å². The summed E-state index contributed by atoms with van der Waals surface area (Å²) in [5, 5.41) is 14.6. The summed E-state index contributed by atoms with van der Waals surface area (Å²) in [6, 6.07) is 76.0. The Labute approximate surface area is 515 Å². The molecule has 0 spiro atoms. The molecule has 8 aromatic rings. The monoisotopic (exact) mass is 1190 g/mol. The molecule has 0 aromatic heterocycles. The van der Waals surface area contributed by atoms with Gasteiger partial charge in [-0.2, -0.15) is 0 Å². The Balaban J connectivity index is 1.13. The van der Waals surface area contributed by atoms with Gasteiger partial charge in [0.1, 0.15) is 66.8 Å². The van der Waals surface area contributed by atoms with Gasteiger partial charge in [0, 0.05) is 4.91 Å². The first kappa shape index (κ1) is 63.4. The fraction of sp³-hybridized carbons (Fsp3) is 0.333. The van der Waals surface area contributed by atoms with Gasteiger partial charge in [0.25, 0.3) is 0 Å². The van der Waals surface area contributed by atoms with Crippen LogP contribution >= 0.6 is 0 Å². The van der Waals surface area contributed by atoms with E-state index in [0.717, 1.165) is 44.5 Å². The SMILES string of the molecule is COc1ccc(CO[C@@H]2[C@@H](OC[C@H](CO)N=[N+]=[N-])[C@H](OCc3ccccc3)[C@@H](OCc3ccccc3)[C@H](OCc3ccccc3)[C@@H]2O[C@H]2O[C@H](COCc3ccccc3)[C@@H](OCc3ccccc3)[C@H](OCc3ccccc3)[C@@H]2OCc2ccccc2)cc1. The summed E-state index contributed by atoms with van der Waals surface area (Å²) >= 11 is 0. The van der Waals surface area contributed by atoms with E-state index in [2.05, 4.69) is 10.0 Å². The summed E-state index contributed by atoms with van der Waals surface area (Å²) in [7, 11) is 1.62. The second-order valence-corrected chi connectivity index (χ2v) is 21.7. The summed E-state index contributed by atoms with van der Waals surface area (Å²) < 4.78 is 85.0. The Kier molecular flexibility index (Phi) is 24.7. The molecule has 0 radical (unpaired) electrons. The Hall–Kier alpha value is -7.61. The number of azide groups is 1. The molecule has 458 valence electrons. The summed E-state index contributed by atoms with van der Waals surface area (Å²) in [6.07, 6.45) is -11.0. The summed E-state index contributed by atoms with van der Waals surface area (Å²) in [5.41, 5.74) is 17.0. The van der Waals surface area contributed by atoms with Gasteiger partial charge in [-0.3, -0.25) is 0 Å². The molecule has 0 bridgehead atoms. The van der Waals surface area contributed by atoms with Crippen molar-refractivity contribution in [3.8, 4) is 5.75 Å². The molecule has 88 heavy (non-hydrogen) atoms. The first-order valence-corrected chi connectivity index (χ1v) is 29.9. The molecule has 1 aliphatic carbocycles. The lowest BCUT2D eigenvalue weighted by molar-refractivity contribution is -0.366. The second kappa shape index (κ2) is 34.2. The molecule has 10 rings (SSSR count). The zero-order valence-corrected chi connectivity index (χ0v) is 49.4. The fourth-order valence-corrected chi connectivity index (χ4v) is 10.9. The molecule has 16 nitrogen and oxygen atoms in total. The highest BCUT2D eigenvalue weighted by Gasteiger charge is 2.58. The van der Waals surface area contributed by atoms with Gasteiger partial charge in [-0.25, -0.2) is 0 Å². The number of aliphatic hydroxyl groups excluding tert-OH is 1. The smallest absolute Gasteiger partial charge is 0.187 e. The van der Waals surface area contributed by atoms with Crippen molar-refractivity contribution in [1.82, 2.24) is 0 Å². The van der Waals surface area contributed by atoms with E-state index >= 15 is 0 Å². The standard InChI is InChI=1S/C72H77N3O13/c1-77-61-39-37-59(38-40-61)49-84-69-67(86-50-60(41-76)74-75-73)65(81-45-55-29-15-5-16-30-55)66(82-46-56-31-17-6-18-32-56)68(83-47-57-33-19-7-20-34-57)70(69)88-72-71(85-48-58-35-21-8-22-36-58)64(80-44-54-27-13-4-14-28-54)63(79-43-53-25-11-3-12-26-53)62(87-72)51-78-42-52-23-9-2-10-24-52/h2-40,60,62-72,76H,41-51H2,1H3/t60-,62+,63+,64-,65+,66+,67-,68-,69+,70-,71-,72+/m0/s1. The van der Waals surface area contributed by atoms with Gasteiger partial charge in [0.05, 0.1) is 85.8 Å². The van der Waals surface area contributed by atoms with Crippen LogP contribution in [-0.4, -0.2) is 105 Å². The zero-order chi connectivity index (χ0) is 60.4. The van der Waals surface area contributed by atoms with Crippen molar-refractivity contribution in [2.45, 2.75) is 126 Å². The molecule has 0 amide bonds. The van der Waals surface area contributed by atoms with Crippen molar-refractivity contribution in [2.75, 3.05) is 26.9 Å². The molecule has 1 N–H and O–H groups in total. The molecular formula is C72H77N3O13. The molecule has 1 saturated carbocycles. The van der Waals surface area contributed by atoms with Gasteiger partial charge < -0.3 is 61.9 Å². The van der Waals surface area contributed by atoms with Crippen LogP contribution in [0.5, 0.6) is 5.75 Å². The van der Waals surface area contributed by atoms with Crippen LogP contribution in [0.4, 0.5) is 0 Å². The largest absolute Gasteiger partial charge is 0.497 e. The molecule has 0 unspecified atom stereocenters. The first-order chi connectivity index (χ1) is 43.5. The van der Waals surface area contributed by atoms with Gasteiger partial charge >= 0.3 is 0 Å². The maximum Gasteiger partial charge on any atom is 0.187 e. The molecule has 1 heterocycles. The van der Waals surface area contributed by atoms with Crippen LogP contribution in [0, 0.1) is 0 Å². The zero-order valence-electron chi connectivity index (χ0n) is 49.4. The van der Waals surface area contributed by atoms with Crippen LogP contribution in [0.2, 0.25) is 0 Å². The maximum absolute atomic E-state index is 10.6. The third kappa shape index (κ3) is 18.5. The molecule has 2 aliphatic rings. The van der Waals surface area contributed by atoms with Crippen molar-refractivity contribution in [3.05, 3.63) is 292 Å². The maximum atomic E-state index is 10.6. The van der Waals surface area contributed by atoms with Crippen molar-refractivity contribution >= 4 is 0 Å². The van der Waals surface area contributed by atoms with E-state index in [1.165, 1.54) is 0 Å². The lowest BCUT2D eigenvalue weighted by Gasteiger charge is -2.52. The second-order valence-electron chi connectivity index (χ2n) is 21.7. The van der Waals surface area contributed by atoms with Crippen molar-refractivity contribution in [1.29, 1.82) is 0 Å². The predicted octanol–water partition coefficient (Wildman–Crippen LogP) is 12.5. The number of benzene rings is 8. The van der Waals surface area contributed by atoms with Crippen LogP contribution in [0.1, 0.15) is 44.5 Å². The van der Waals surface area contributed by atoms with Crippen LogP contribution in [0.25, 0.3) is 10.4 Å². The number of nitrogens with zero attached hydrogens (tertiary/aromatic N) is 3. The van der Waals surface area contributed by atoms with Gasteiger partial charge in [0.2, 0.25) is 0 Å². The molecule has 1 saturated heterocycles. The van der Waals surface area contributed by atoms with Crippen molar-refractivity contribution < 1.29 is 61.9 Å². The first-order valence-electron chi connectivity index (χ1n) is 29.9. The highest BCUT2D eigenvalue weighted by Crippen LogP contribution is 2.40. The highest BCUT2D eigenvalue weighted by atomic mass is 16.7. The Morgan fingerprint density at radius 2 is 0.693 bits per heavy atom. The van der Waals surface area contributed by atoms with E-state index in [9.17, 15) is 10.6 Å². The third-order valence-electron chi connectivity index (χ3n) is 15.4. The van der Waals surface area contributed by atoms with E-state index < -0.39 is 80.0 Å². The van der Waals surface area contributed by atoms with Gasteiger partial charge in [-0.05, 0) is 62.2 Å². The predicted molar refractivity (Wildman–Crippen MR) is 331 cm³/mol. The number of hydrogen-bond donors (Lipinski definition) is 1. The summed E-state index contributed by atoms with van der Waals surface area (Å²) in [6.45, 7) is 0.613. The lowest BCUT2D eigenvalue weighted by atomic mass is 9.83. The number of hydrogen-bond acceptors (Lipinski definition) is 14. The molecule has 12 atom stereocenters. The van der Waals surface area contributed by atoms with Crippen LogP contribution < -0.4 is 4.74 Å². The average Bonchev–Trinajstić information content (AvgIpc) is 1.02. The van der Waals surface area contributed by atoms with Crippen LogP contribution in [0.3, 0.4) is 0 Å². The molecule has 8 aromatic carbocycles. The number of aliphatic hydroxyl groups is 1. The van der Waals surface area contributed by atoms with Gasteiger partial charge in [-0.15, -0.1) is 0 Å². The van der Waals surface area contributed by atoms with E-state index in [1.54, 1.807) is 7.11 Å². The van der Waals surface area contributed by atoms with E-state index in [0.29, 0.717) is 5.75 Å². The summed E-state index contributed by atoms with van der Waals surface area (Å²) in [5.74, 6) is 0.674. The summed E-state index contributed by atoms with van der Waals surface area (Å²) in [4.78, 5) is 3.06. The topological polar surface area (TPSA) is 180 Å². The third-order valence-corrected chi connectivity index (χ3v) is 15.4. The number of ether oxygens (including phenoxy) is 12. The Morgan fingerprint density at radius 1 is 0.386 bits per heavy atom. The van der Waals surface area contributed by atoms with E-state index in [-0.39, 0.29) is 66.1 Å². The Bertz CT molecular complexity index is 3250. The Morgan fingerprint density at radius 3 is 1.05 bits per heavy atom. The highest BCUT2D eigenvalue weighted by molar-refractivity contribution is 5.27. The quantitative estimate of drug-likeness (QED) is 0.0233. The fourth-order valence-electron chi connectivity index (χ4n) is 10.9. The van der Waals surface area contributed by atoms with Gasteiger partial charge in [0.15, 0.2) is 6.29 Å². The number of rotatable bonds is 33. The van der Waals surface area contributed by atoms with Crippen molar-refractivity contribution in [2.24, 2.45) is 5.11 Å². The minimum absolute atomic E-state index is 0.0497. The molecule has 2 fully saturated rings. The molecule has 1 aliphatic heterocycles. The average molecular weight is 1190 g/mol. The molecular weight excluding hydrogens is 1110 g/mol. The molecule has 16 heteroatoms. The van der Waals surface area contributed by atoms with E-state index in [1.807, 2.05) is 237 Å². The lowest BCUT2D eigenvalue weighted by Crippen LogP contribution is -2.70. The van der Waals surface area contributed by atoms with Gasteiger partial charge in [-0.1, -0.05) is 230 Å². The minimum Gasteiger partial charge on any atom is -0.497 e. The van der Waals surface area contributed by atoms with Crippen molar-refractivity contribution in [3.63, 3.8) is 0 Å². The minimum atomic E-state index is -1.27. The van der Waals surface area contributed by atoms with E-state index in [4.69, 9.17) is 56.8 Å². The number of methoxy groups -OCH3 is 1.